The van der Waals surface area contributed by atoms with E-state index in [0.717, 1.165) is 0 Å². The number of benzene rings is 1. The van der Waals surface area contributed by atoms with Gasteiger partial charge in [0.15, 0.2) is 20.3 Å². The number of methoxy groups -OCH3 is 1. The summed E-state index contributed by atoms with van der Waals surface area (Å²) in [5.74, 6) is 0.396. The van der Waals surface area contributed by atoms with Crippen LogP contribution in [0.15, 0.2) is 33.4 Å². The van der Waals surface area contributed by atoms with Crippen molar-refractivity contribution in [2.24, 2.45) is 0 Å². The number of hydrogen-bond donors (Lipinski definition) is 0. The first kappa shape index (κ1) is 20.5. The Morgan fingerprint density at radius 3 is 2.48 bits per heavy atom. The maximum absolute atomic E-state index is 13.2. The van der Waals surface area contributed by atoms with Crippen LogP contribution in [0.3, 0.4) is 0 Å². The second-order valence-corrected chi connectivity index (χ2v) is 9.99. The smallest absolute Gasteiger partial charge is 0.254 e. The summed E-state index contributed by atoms with van der Waals surface area (Å²) < 4.78 is 35.0. The normalized spacial score (nSPS) is 18.4. The molecule has 1 aromatic heterocycles. The standard InChI is InChI=1S/C17H16BrCl2NO5S/c1-25-16-13(19)6-10(7-14(16)20)17(22)21(8-12-2-3-15(18)26-12)11-4-5-27(23,24)9-11/h2-3,6-7,11H,4-5,8-9H2,1H3. The zero-order valence-corrected chi connectivity index (χ0v) is 18.2. The Morgan fingerprint density at radius 2 is 2.00 bits per heavy atom. The summed E-state index contributed by atoms with van der Waals surface area (Å²) in [5.41, 5.74) is 0.251. The lowest BCUT2D eigenvalue weighted by Crippen LogP contribution is -2.40. The molecule has 2 aromatic rings. The fourth-order valence-electron chi connectivity index (χ4n) is 3.04. The van der Waals surface area contributed by atoms with Gasteiger partial charge < -0.3 is 14.1 Å². The van der Waals surface area contributed by atoms with Crippen molar-refractivity contribution in [2.75, 3.05) is 18.6 Å². The lowest BCUT2D eigenvalue weighted by molar-refractivity contribution is 0.0665. The average Bonchev–Trinajstić information content (AvgIpc) is 3.16. The third-order valence-electron chi connectivity index (χ3n) is 4.31. The Hall–Kier alpha value is -1.22. The van der Waals surface area contributed by atoms with Crippen LogP contribution in [0.4, 0.5) is 0 Å². The third kappa shape index (κ3) is 4.62. The van der Waals surface area contributed by atoms with E-state index in [2.05, 4.69) is 15.9 Å². The fourth-order valence-corrected chi connectivity index (χ4v) is 5.75. The fraction of sp³-hybridized carbons (Fsp3) is 0.353. The molecular weight excluding hydrogens is 481 g/mol. The van der Waals surface area contributed by atoms with E-state index in [0.29, 0.717) is 16.9 Å². The minimum absolute atomic E-state index is 0.0490. The SMILES string of the molecule is COc1c(Cl)cc(C(=O)N(Cc2ccc(Br)o2)C2CCS(=O)(=O)C2)cc1Cl. The van der Waals surface area contributed by atoms with Crippen LogP contribution in [0.2, 0.25) is 10.0 Å². The molecule has 10 heteroatoms. The molecule has 6 nitrogen and oxygen atoms in total. The zero-order chi connectivity index (χ0) is 19.8. The highest BCUT2D eigenvalue weighted by atomic mass is 79.9. The lowest BCUT2D eigenvalue weighted by atomic mass is 10.1. The molecule has 146 valence electrons. The minimum atomic E-state index is -3.18. The molecule has 1 amide bonds. The highest BCUT2D eigenvalue weighted by molar-refractivity contribution is 9.10. The lowest BCUT2D eigenvalue weighted by Gasteiger charge is -2.28. The molecule has 0 spiro atoms. The Labute approximate surface area is 175 Å². The molecule has 1 fully saturated rings. The van der Waals surface area contributed by atoms with Gasteiger partial charge in [0.05, 0.1) is 35.2 Å². The highest BCUT2D eigenvalue weighted by Crippen LogP contribution is 2.35. The van der Waals surface area contributed by atoms with E-state index in [1.165, 1.54) is 24.1 Å². The predicted molar refractivity (Wildman–Crippen MR) is 106 cm³/mol. The van der Waals surface area contributed by atoms with E-state index in [1.54, 1.807) is 12.1 Å². The summed E-state index contributed by atoms with van der Waals surface area (Å²) in [4.78, 5) is 14.7. The Bertz CT molecular complexity index is 952. The molecule has 1 aromatic carbocycles. The molecule has 0 bridgehead atoms. The number of carbonyl (C=O) groups excluding carboxylic acids is 1. The maximum atomic E-state index is 13.2. The number of rotatable bonds is 5. The molecule has 0 saturated carbocycles. The van der Waals surface area contributed by atoms with Crippen LogP contribution in [-0.2, 0) is 16.4 Å². The summed E-state index contributed by atoms with van der Waals surface area (Å²) in [6, 6.07) is 5.91. The second-order valence-electron chi connectivity index (χ2n) is 6.17. The molecule has 2 heterocycles. The molecule has 1 aliphatic rings. The molecule has 1 atom stereocenters. The van der Waals surface area contributed by atoms with Gasteiger partial charge in [0.25, 0.3) is 5.91 Å². The van der Waals surface area contributed by atoms with Crippen molar-refractivity contribution in [3.8, 4) is 5.75 Å². The summed E-state index contributed by atoms with van der Waals surface area (Å²) in [6.45, 7) is 0.131. The van der Waals surface area contributed by atoms with Crippen molar-refractivity contribution >= 4 is 54.9 Å². The van der Waals surface area contributed by atoms with Crippen molar-refractivity contribution in [3.63, 3.8) is 0 Å². The van der Waals surface area contributed by atoms with Crippen LogP contribution < -0.4 is 4.74 Å². The first-order valence-electron chi connectivity index (χ1n) is 7.99. The summed E-state index contributed by atoms with van der Waals surface area (Å²) >= 11 is 15.5. The van der Waals surface area contributed by atoms with Gasteiger partial charge in [-0.15, -0.1) is 0 Å². The summed E-state index contributed by atoms with van der Waals surface area (Å²) in [6.07, 6.45) is 0.369. The van der Waals surface area contributed by atoms with Gasteiger partial charge in [0, 0.05) is 11.6 Å². The topological polar surface area (TPSA) is 76.8 Å². The van der Waals surface area contributed by atoms with E-state index in [-0.39, 0.29) is 45.3 Å². The summed E-state index contributed by atoms with van der Waals surface area (Å²) in [7, 11) is -1.75. The highest BCUT2D eigenvalue weighted by Gasteiger charge is 2.36. The van der Waals surface area contributed by atoms with Crippen LogP contribution in [-0.4, -0.2) is 43.9 Å². The molecule has 27 heavy (non-hydrogen) atoms. The first-order chi connectivity index (χ1) is 12.7. The van der Waals surface area contributed by atoms with E-state index < -0.39 is 15.9 Å². The number of nitrogens with zero attached hydrogens (tertiary/aromatic N) is 1. The quantitative estimate of drug-likeness (QED) is 0.620. The van der Waals surface area contributed by atoms with E-state index in [9.17, 15) is 13.2 Å². The van der Waals surface area contributed by atoms with Crippen molar-refractivity contribution < 1.29 is 22.4 Å². The van der Waals surface area contributed by atoms with Gasteiger partial charge in [-0.1, -0.05) is 23.2 Å². The van der Waals surface area contributed by atoms with Crippen LogP contribution in [0, 0.1) is 0 Å². The largest absolute Gasteiger partial charge is 0.494 e. The van der Waals surface area contributed by atoms with Gasteiger partial charge in [-0.05, 0) is 46.6 Å². The van der Waals surface area contributed by atoms with Gasteiger partial charge in [-0.3, -0.25) is 4.79 Å². The van der Waals surface area contributed by atoms with Crippen LogP contribution >= 0.6 is 39.1 Å². The number of carbonyl (C=O) groups is 1. The van der Waals surface area contributed by atoms with Gasteiger partial charge in [-0.25, -0.2) is 8.42 Å². The third-order valence-corrected chi connectivity index (χ3v) is 7.05. The van der Waals surface area contributed by atoms with Crippen molar-refractivity contribution in [1.82, 2.24) is 4.90 Å². The van der Waals surface area contributed by atoms with E-state index in [1.807, 2.05) is 0 Å². The Morgan fingerprint density at radius 1 is 1.33 bits per heavy atom. The molecule has 0 aliphatic carbocycles. The van der Waals surface area contributed by atoms with E-state index >= 15 is 0 Å². The van der Waals surface area contributed by atoms with Gasteiger partial charge in [0.1, 0.15) is 5.76 Å². The molecule has 1 aliphatic heterocycles. The van der Waals surface area contributed by atoms with Crippen LogP contribution in [0.25, 0.3) is 0 Å². The number of amides is 1. The summed E-state index contributed by atoms with van der Waals surface area (Å²) in [5, 5.41) is 0.404. The average molecular weight is 497 g/mol. The molecule has 1 unspecified atom stereocenters. The number of furan rings is 1. The molecular formula is C17H16BrCl2NO5S. The number of halogens is 3. The van der Waals surface area contributed by atoms with Gasteiger partial charge >= 0.3 is 0 Å². The maximum Gasteiger partial charge on any atom is 0.254 e. The molecule has 3 rings (SSSR count). The monoisotopic (exact) mass is 495 g/mol. The van der Waals surface area contributed by atoms with Crippen LogP contribution in [0.5, 0.6) is 5.75 Å². The Kier molecular flexibility index (Phi) is 6.10. The number of ether oxygens (including phenoxy) is 1. The van der Waals surface area contributed by atoms with Crippen molar-refractivity contribution in [1.29, 1.82) is 0 Å². The zero-order valence-electron chi connectivity index (χ0n) is 14.2. The van der Waals surface area contributed by atoms with Gasteiger partial charge in [-0.2, -0.15) is 0 Å². The number of hydrogen-bond acceptors (Lipinski definition) is 5. The van der Waals surface area contributed by atoms with Crippen molar-refractivity contribution in [2.45, 2.75) is 19.0 Å². The Balaban J connectivity index is 1.95. The number of sulfone groups is 1. The van der Waals surface area contributed by atoms with E-state index in [4.69, 9.17) is 32.4 Å². The second kappa shape index (κ2) is 8.03. The molecule has 0 radical (unpaired) electrons. The van der Waals surface area contributed by atoms with Crippen LogP contribution in [0.1, 0.15) is 22.5 Å². The molecule has 0 N–H and O–H groups in total. The first-order valence-corrected chi connectivity index (χ1v) is 11.4. The van der Waals surface area contributed by atoms with Gasteiger partial charge in [0.2, 0.25) is 0 Å². The van der Waals surface area contributed by atoms with Crippen molar-refractivity contribution in [3.05, 3.63) is 50.3 Å². The molecule has 1 saturated heterocycles. The predicted octanol–water partition coefficient (Wildman–Crippen LogP) is 4.19. The minimum Gasteiger partial charge on any atom is -0.494 e.